The monoisotopic (exact) mass is 150 g/mol. The van der Waals surface area contributed by atoms with Crippen molar-refractivity contribution in [2.75, 3.05) is 5.73 Å². The van der Waals surface area contributed by atoms with E-state index in [1.165, 1.54) is 0 Å². The normalized spacial score (nSPS) is 7.50. The maximum atomic E-state index is 5.25. The predicted octanol–water partition coefficient (Wildman–Crippen LogP) is 0.661. The van der Waals surface area contributed by atoms with E-state index in [1.807, 2.05) is 12.1 Å². The van der Waals surface area contributed by atoms with Crippen LogP contribution in [0.2, 0.25) is 0 Å². The van der Waals surface area contributed by atoms with Crippen LogP contribution in [0.15, 0.2) is 24.4 Å². The molecule has 0 fully saturated rings. The molecule has 0 amide bonds. The molecule has 2 N–H and O–H groups in total. The first-order valence-corrected chi connectivity index (χ1v) is 2.06. The van der Waals surface area contributed by atoms with E-state index >= 15 is 0 Å². The SMILES string of the molecule is Nc1ccccn1.[Fe]. The van der Waals surface area contributed by atoms with Crippen molar-refractivity contribution in [3.63, 3.8) is 0 Å². The van der Waals surface area contributed by atoms with Crippen LogP contribution in [0.1, 0.15) is 0 Å². The van der Waals surface area contributed by atoms with E-state index in [0.717, 1.165) is 0 Å². The first-order valence-electron chi connectivity index (χ1n) is 2.06. The molecule has 44 valence electrons. The third kappa shape index (κ3) is 1.96. The summed E-state index contributed by atoms with van der Waals surface area (Å²) in [5.41, 5.74) is 5.25. The second-order valence-corrected chi connectivity index (χ2v) is 1.25. The summed E-state index contributed by atoms with van der Waals surface area (Å²) in [6.45, 7) is 0. The minimum atomic E-state index is 0. The molecule has 0 aliphatic rings. The molecule has 0 aromatic carbocycles. The van der Waals surface area contributed by atoms with Crippen molar-refractivity contribution in [3.05, 3.63) is 24.4 Å². The van der Waals surface area contributed by atoms with Crippen molar-refractivity contribution in [1.82, 2.24) is 4.98 Å². The Morgan fingerprint density at radius 1 is 1.38 bits per heavy atom. The van der Waals surface area contributed by atoms with E-state index in [1.54, 1.807) is 12.3 Å². The Balaban J connectivity index is 0.000000490. The average molecular weight is 150 g/mol. The quantitative estimate of drug-likeness (QED) is 0.551. The number of hydrogen-bond acceptors (Lipinski definition) is 2. The molecule has 0 saturated carbocycles. The third-order valence-corrected chi connectivity index (χ3v) is 0.688. The van der Waals surface area contributed by atoms with Gasteiger partial charge < -0.3 is 5.73 Å². The second kappa shape index (κ2) is 3.47. The molecule has 0 bridgehead atoms. The van der Waals surface area contributed by atoms with Crippen LogP contribution in [-0.4, -0.2) is 4.98 Å². The minimum absolute atomic E-state index is 0. The molecule has 1 aromatic rings. The van der Waals surface area contributed by atoms with Gasteiger partial charge in [0, 0.05) is 23.3 Å². The minimum Gasteiger partial charge on any atom is -0.384 e. The van der Waals surface area contributed by atoms with Gasteiger partial charge in [0.15, 0.2) is 0 Å². The van der Waals surface area contributed by atoms with Crippen LogP contribution in [0, 0.1) is 0 Å². The molecule has 0 atom stereocenters. The smallest absolute Gasteiger partial charge is 0.123 e. The van der Waals surface area contributed by atoms with Crippen LogP contribution in [0.25, 0.3) is 0 Å². The fourth-order valence-corrected chi connectivity index (χ4v) is 0.376. The Morgan fingerprint density at radius 2 is 2.12 bits per heavy atom. The number of pyridine rings is 1. The summed E-state index contributed by atoms with van der Waals surface area (Å²) in [5, 5.41) is 0. The standard InChI is InChI=1S/C5H6N2.Fe/c6-5-3-1-2-4-7-5;/h1-4H,(H2,6,7);. The Kier molecular flexibility index (Phi) is 3.24. The molecule has 8 heavy (non-hydrogen) atoms. The molecule has 0 unspecified atom stereocenters. The summed E-state index contributed by atoms with van der Waals surface area (Å²) >= 11 is 0. The van der Waals surface area contributed by atoms with E-state index in [0.29, 0.717) is 5.82 Å². The Hall–Kier alpha value is -0.531. The molecule has 2 nitrogen and oxygen atoms in total. The summed E-state index contributed by atoms with van der Waals surface area (Å²) in [5.74, 6) is 0.572. The summed E-state index contributed by atoms with van der Waals surface area (Å²) in [6, 6.07) is 5.43. The van der Waals surface area contributed by atoms with Gasteiger partial charge in [-0.05, 0) is 12.1 Å². The maximum absolute atomic E-state index is 5.25. The number of anilines is 1. The number of nitrogens with two attached hydrogens (primary N) is 1. The average Bonchev–Trinajstić information content (AvgIpc) is 1.69. The number of aromatic nitrogens is 1. The van der Waals surface area contributed by atoms with E-state index in [9.17, 15) is 0 Å². The summed E-state index contributed by atoms with van der Waals surface area (Å²) in [4.78, 5) is 3.76. The van der Waals surface area contributed by atoms with Gasteiger partial charge in [0.2, 0.25) is 0 Å². The van der Waals surface area contributed by atoms with Crippen molar-refractivity contribution < 1.29 is 17.1 Å². The van der Waals surface area contributed by atoms with Gasteiger partial charge in [-0.3, -0.25) is 0 Å². The van der Waals surface area contributed by atoms with E-state index in [-0.39, 0.29) is 17.1 Å². The molecular formula is C5H6FeN2. The first kappa shape index (κ1) is 7.47. The van der Waals surface area contributed by atoms with Crippen LogP contribution in [0.3, 0.4) is 0 Å². The molecule has 1 heterocycles. The Labute approximate surface area is 58.6 Å². The van der Waals surface area contributed by atoms with E-state index < -0.39 is 0 Å². The van der Waals surface area contributed by atoms with Crippen molar-refractivity contribution in [2.24, 2.45) is 0 Å². The molecular weight excluding hydrogens is 144 g/mol. The number of rotatable bonds is 0. The molecule has 0 radical (unpaired) electrons. The van der Waals surface area contributed by atoms with Crippen LogP contribution in [0.4, 0.5) is 5.82 Å². The Morgan fingerprint density at radius 3 is 2.38 bits per heavy atom. The van der Waals surface area contributed by atoms with E-state index in [4.69, 9.17) is 5.73 Å². The van der Waals surface area contributed by atoms with Gasteiger partial charge in [-0.25, -0.2) is 4.98 Å². The fourth-order valence-electron chi connectivity index (χ4n) is 0.376. The third-order valence-electron chi connectivity index (χ3n) is 0.688. The zero-order valence-electron chi connectivity index (χ0n) is 4.19. The molecule has 0 spiro atoms. The van der Waals surface area contributed by atoms with Gasteiger partial charge >= 0.3 is 0 Å². The van der Waals surface area contributed by atoms with Crippen LogP contribution >= 0.6 is 0 Å². The fraction of sp³-hybridized carbons (Fsp3) is 0. The topological polar surface area (TPSA) is 38.9 Å². The van der Waals surface area contributed by atoms with Gasteiger partial charge in [-0.1, -0.05) is 6.07 Å². The predicted molar refractivity (Wildman–Crippen MR) is 28.6 cm³/mol. The van der Waals surface area contributed by atoms with Crippen molar-refractivity contribution in [3.8, 4) is 0 Å². The zero-order chi connectivity index (χ0) is 5.11. The summed E-state index contributed by atoms with van der Waals surface area (Å²) in [6.07, 6.45) is 1.66. The molecule has 1 rings (SSSR count). The Bertz CT molecular complexity index is 140. The second-order valence-electron chi connectivity index (χ2n) is 1.25. The van der Waals surface area contributed by atoms with Gasteiger partial charge in [0.05, 0.1) is 0 Å². The summed E-state index contributed by atoms with van der Waals surface area (Å²) in [7, 11) is 0. The number of nitrogens with zero attached hydrogens (tertiary/aromatic N) is 1. The zero-order valence-corrected chi connectivity index (χ0v) is 5.29. The number of nitrogen functional groups attached to an aromatic ring is 1. The largest absolute Gasteiger partial charge is 0.384 e. The van der Waals surface area contributed by atoms with Gasteiger partial charge in [-0.2, -0.15) is 0 Å². The van der Waals surface area contributed by atoms with Gasteiger partial charge in [-0.15, -0.1) is 0 Å². The van der Waals surface area contributed by atoms with Crippen molar-refractivity contribution >= 4 is 5.82 Å². The van der Waals surface area contributed by atoms with E-state index in [2.05, 4.69) is 4.98 Å². The van der Waals surface area contributed by atoms with Crippen LogP contribution < -0.4 is 5.73 Å². The van der Waals surface area contributed by atoms with Crippen LogP contribution in [-0.2, 0) is 17.1 Å². The van der Waals surface area contributed by atoms with Crippen molar-refractivity contribution in [2.45, 2.75) is 0 Å². The van der Waals surface area contributed by atoms with Crippen LogP contribution in [0.5, 0.6) is 0 Å². The molecule has 0 aliphatic carbocycles. The molecule has 0 aliphatic heterocycles. The maximum Gasteiger partial charge on any atom is 0.123 e. The van der Waals surface area contributed by atoms with Crippen molar-refractivity contribution in [1.29, 1.82) is 0 Å². The first-order chi connectivity index (χ1) is 3.39. The van der Waals surface area contributed by atoms with Gasteiger partial charge in [0.1, 0.15) is 5.82 Å². The molecule has 3 heteroatoms. The summed E-state index contributed by atoms with van der Waals surface area (Å²) < 4.78 is 0. The van der Waals surface area contributed by atoms with Gasteiger partial charge in [0.25, 0.3) is 0 Å². The number of hydrogen-bond donors (Lipinski definition) is 1. The molecule has 0 saturated heterocycles. The molecule has 1 aromatic heterocycles.